The Morgan fingerprint density at radius 1 is 1.50 bits per heavy atom. The number of hydrogen-bond donors (Lipinski definition) is 2. The van der Waals surface area contributed by atoms with Gasteiger partial charge in [-0.1, -0.05) is 19.4 Å². The highest BCUT2D eigenvalue weighted by molar-refractivity contribution is 7.75. The van der Waals surface area contributed by atoms with Crippen LogP contribution in [0.4, 0.5) is 0 Å². The normalized spacial score (nSPS) is 9.83. The van der Waals surface area contributed by atoms with Gasteiger partial charge in [0, 0.05) is 12.9 Å². The average molecular weight is 184 g/mol. The number of aromatic hydroxyl groups is 1. The summed E-state index contributed by atoms with van der Waals surface area (Å²) in [4.78, 5) is 0. The highest BCUT2D eigenvalue weighted by Crippen LogP contribution is 2.27. The zero-order chi connectivity index (χ0) is 8.97. The number of phenols is 1. The van der Waals surface area contributed by atoms with E-state index in [0.29, 0.717) is 5.75 Å². The topological polar surface area (TPSA) is 29.5 Å². The predicted molar refractivity (Wildman–Crippen MR) is 51.7 cm³/mol. The van der Waals surface area contributed by atoms with Crippen LogP contribution in [-0.4, -0.2) is 5.11 Å². The molecule has 1 aromatic carbocycles. The highest BCUT2D eigenvalue weighted by atomic mass is 32.1. The van der Waals surface area contributed by atoms with Gasteiger partial charge in [-0.3, -0.25) is 0 Å². The van der Waals surface area contributed by atoms with Crippen LogP contribution in [0.25, 0.3) is 0 Å². The van der Waals surface area contributed by atoms with E-state index in [4.69, 9.17) is 0 Å². The van der Waals surface area contributed by atoms with Crippen molar-refractivity contribution in [2.75, 3.05) is 0 Å². The lowest BCUT2D eigenvalue weighted by Gasteiger charge is -2.03. The molecule has 66 valence electrons. The molecule has 1 aromatic rings. The van der Waals surface area contributed by atoms with Crippen LogP contribution in [0.15, 0.2) is 18.2 Å². The number of hydrogen-bond acceptors (Lipinski definition) is 3. The van der Waals surface area contributed by atoms with Gasteiger partial charge in [-0.2, -0.15) is 0 Å². The second kappa shape index (κ2) is 4.26. The molecule has 0 bridgehead atoms. The van der Waals surface area contributed by atoms with Gasteiger partial charge in [0.2, 0.25) is 0 Å². The monoisotopic (exact) mass is 184 g/mol. The van der Waals surface area contributed by atoms with Gasteiger partial charge in [-0.25, -0.2) is 0 Å². The van der Waals surface area contributed by atoms with Crippen molar-refractivity contribution in [1.82, 2.24) is 0 Å². The molecule has 0 saturated carbocycles. The van der Waals surface area contributed by atoms with E-state index in [0.717, 1.165) is 18.4 Å². The first-order valence-corrected chi connectivity index (χ1v) is 4.27. The van der Waals surface area contributed by atoms with Crippen molar-refractivity contribution in [3.63, 3.8) is 0 Å². The Labute approximate surface area is 77.8 Å². The first-order chi connectivity index (χ1) is 5.77. The summed E-state index contributed by atoms with van der Waals surface area (Å²) in [6, 6.07) is 5.30. The Kier molecular flexibility index (Phi) is 3.29. The van der Waals surface area contributed by atoms with E-state index in [9.17, 15) is 5.11 Å². The van der Waals surface area contributed by atoms with E-state index in [2.05, 4.69) is 24.0 Å². The third-order valence-corrected chi connectivity index (χ3v) is 1.86. The Morgan fingerprint density at radius 3 is 2.83 bits per heavy atom. The molecule has 0 radical (unpaired) electrons. The minimum atomic E-state index is 0.129. The summed E-state index contributed by atoms with van der Waals surface area (Å²) in [6.45, 7) is 2.11. The maximum absolute atomic E-state index is 9.23. The Bertz CT molecular complexity index is 261. The summed E-state index contributed by atoms with van der Waals surface area (Å²) < 4.78 is 4.68. The van der Waals surface area contributed by atoms with E-state index < -0.39 is 0 Å². The van der Waals surface area contributed by atoms with E-state index >= 15 is 0 Å². The van der Waals surface area contributed by atoms with Crippen molar-refractivity contribution in [3.8, 4) is 11.5 Å². The third kappa shape index (κ3) is 2.08. The molecule has 0 heterocycles. The molecule has 12 heavy (non-hydrogen) atoms. The average Bonchev–Trinajstić information content (AvgIpc) is 2.09. The molecule has 0 amide bonds. The first-order valence-electron chi connectivity index (χ1n) is 3.91. The van der Waals surface area contributed by atoms with Crippen LogP contribution in [0.3, 0.4) is 0 Å². The van der Waals surface area contributed by atoms with Gasteiger partial charge in [0.05, 0.1) is 0 Å². The quantitative estimate of drug-likeness (QED) is 0.558. The standard InChI is InChI=1S/C9H12O2S/c1-2-3-7-4-5-8(10)9(6-7)11-12/h4-6,10,12H,2-3H2,1H3. The fraction of sp³-hybridized carbons (Fsp3) is 0.333. The molecule has 0 aliphatic heterocycles. The van der Waals surface area contributed by atoms with Crippen LogP contribution in [0.2, 0.25) is 0 Å². The van der Waals surface area contributed by atoms with Gasteiger partial charge in [0.25, 0.3) is 0 Å². The number of benzene rings is 1. The van der Waals surface area contributed by atoms with Gasteiger partial charge in [0.1, 0.15) is 0 Å². The third-order valence-electron chi connectivity index (χ3n) is 1.66. The van der Waals surface area contributed by atoms with Crippen LogP contribution in [0, 0.1) is 0 Å². The molecular weight excluding hydrogens is 172 g/mol. The number of rotatable bonds is 3. The number of phenolic OH excluding ortho intramolecular Hbond substituents is 1. The Hall–Kier alpha value is -0.830. The molecular formula is C9H12O2S. The summed E-state index contributed by atoms with van der Waals surface area (Å²) in [5.41, 5.74) is 1.15. The fourth-order valence-corrected chi connectivity index (χ4v) is 1.22. The maximum Gasteiger partial charge on any atom is 0.178 e. The van der Waals surface area contributed by atoms with Gasteiger partial charge in [-0.15, -0.1) is 0 Å². The minimum Gasteiger partial charge on any atom is -0.504 e. The van der Waals surface area contributed by atoms with Crippen molar-refractivity contribution in [2.45, 2.75) is 19.8 Å². The second-order valence-corrected chi connectivity index (χ2v) is 2.83. The molecule has 0 unspecified atom stereocenters. The van der Waals surface area contributed by atoms with Crippen LogP contribution in [0.5, 0.6) is 11.5 Å². The van der Waals surface area contributed by atoms with Gasteiger partial charge >= 0.3 is 0 Å². The Balaban J connectivity index is 2.89. The molecule has 0 atom stereocenters. The Morgan fingerprint density at radius 2 is 2.25 bits per heavy atom. The minimum absolute atomic E-state index is 0.129. The lowest BCUT2D eigenvalue weighted by molar-refractivity contribution is 0.451. The van der Waals surface area contributed by atoms with Crippen LogP contribution < -0.4 is 4.18 Å². The van der Waals surface area contributed by atoms with E-state index in [1.54, 1.807) is 12.1 Å². The van der Waals surface area contributed by atoms with E-state index in [1.165, 1.54) is 0 Å². The summed E-state index contributed by atoms with van der Waals surface area (Å²) in [6.07, 6.45) is 2.07. The van der Waals surface area contributed by atoms with E-state index in [1.807, 2.05) is 6.07 Å². The van der Waals surface area contributed by atoms with Gasteiger partial charge in [-0.05, 0) is 24.1 Å². The summed E-state index contributed by atoms with van der Waals surface area (Å²) in [5, 5.41) is 9.23. The van der Waals surface area contributed by atoms with Gasteiger partial charge in [0.15, 0.2) is 11.5 Å². The molecule has 3 heteroatoms. The molecule has 1 N–H and O–H groups in total. The zero-order valence-electron chi connectivity index (χ0n) is 6.95. The van der Waals surface area contributed by atoms with Crippen molar-refractivity contribution in [1.29, 1.82) is 0 Å². The zero-order valence-corrected chi connectivity index (χ0v) is 7.84. The van der Waals surface area contributed by atoms with Crippen molar-refractivity contribution in [2.24, 2.45) is 0 Å². The van der Waals surface area contributed by atoms with Crippen molar-refractivity contribution in [3.05, 3.63) is 23.8 Å². The predicted octanol–water partition coefficient (Wildman–Crippen LogP) is 2.57. The fourth-order valence-electron chi connectivity index (χ4n) is 1.08. The first kappa shape index (κ1) is 9.26. The molecule has 0 aromatic heterocycles. The van der Waals surface area contributed by atoms with E-state index in [-0.39, 0.29) is 5.75 Å². The molecule has 0 aliphatic rings. The van der Waals surface area contributed by atoms with Crippen molar-refractivity contribution >= 4 is 12.9 Å². The number of thiol groups is 1. The van der Waals surface area contributed by atoms with Crippen LogP contribution in [-0.2, 0) is 6.42 Å². The van der Waals surface area contributed by atoms with Crippen molar-refractivity contribution < 1.29 is 9.29 Å². The molecule has 0 saturated heterocycles. The SMILES string of the molecule is CCCc1ccc(O)c(OS)c1. The molecule has 0 aliphatic carbocycles. The molecule has 0 spiro atoms. The molecule has 0 fully saturated rings. The summed E-state index contributed by atoms with van der Waals surface area (Å²) in [5.74, 6) is 0.550. The highest BCUT2D eigenvalue weighted by Gasteiger charge is 2.01. The van der Waals surface area contributed by atoms with Crippen LogP contribution in [0.1, 0.15) is 18.9 Å². The smallest absolute Gasteiger partial charge is 0.178 e. The maximum atomic E-state index is 9.23. The summed E-state index contributed by atoms with van der Waals surface area (Å²) in [7, 11) is 0. The summed E-state index contributed by atoms with van der Waals surface area (Å²) >= 11 is 3.64. The van der Waals surface area contributed by atoms with Crippen LogP contribution >= 0.6 is 12.9 Å². The lowest BCUT2D eigenvalue weighted by Crippen LogP contribution is -1.84. The largest absolute Gasteiger partial charge is 0.504 e. The molecule has 1 rings (SSSR count). The number of aryl methyl sites for hydroxylation is 1. The lowest BCUT2D eigenvalue weighted by atomic mass is 10.1. The molecule has 2 nitrogen and oxygen atoms in total. The van der Waals surface area contributed by atoms with Gasteiger partial charge < -0.3 is 9.29 Å². The second-order valence-electron chi connectivity index (χ2n) is 2.64.